The molecule has 106 valence electrons. The lowest BCUT2D eigenvalue weighted by molar-refractivity contribution is -0.130. The number of methoxy groups -OCH3 is 1. The third kappa shape index (κ3) is 2.26. The minimum absolute atomic E-state index is 0.329. The Morgan fingerprint density at radius 3 is 2.26 bits per heavy atom. The Morgan fingerprint density at radius 2 is 1.84 bits per heavy atom. The van der Waals surface area contributed by atoms with E-state index in [0.717, 1.165) is 16.9 Å². The zero-order chi connectivity index (χ0) is 14.5. The van der Waals surface area contributed by atoms with Gasteiger partial charge in [0.1, 0.15) is 11.4 Å². The summed E-state index contributed by atoms with van der Waals surface area (Å²) >= 11 is 0. The zero-order valence-electron chi connectivity index (χ0n) is 12.7. The summed E-state index contributed by atoms with van der Waals surface area (Å²) < 4.78 is 11.3. The molecular formula is C16H24O3. The van der Waals surface area contributed by atoms with Gasteiger partial charge >= 0.3 is 0 Å². The molecule has 3 heteroatoms. The quantitative estimate of drug-likeness (QED) is 0.891. The average Bonchev–Trinajstić information content (AvgIpc) is 2.42. The number of aliphatic hydroxyl groups is 1. The highest BCUT2D eigenvalue weighted by Crippen LogP contribution is 2.51. The third-order valence-corrected chi connectivity index (χ3v) is 4.09. The molecule has 1 N–H and O–H groups in total. The molecule has 1 atom stereocenters. The van der Waals surface area contributed by atoms with Gasteiger partial charge in [-0.3, -0.25) is 0 Å². The molecule has 0 aliphatic carbocycles. The molecule has 1 fully saturated rings. The molecule has 1 aromatic rings. The van der Waals surface area contributed by atoms with Gasteiger partial charge in [-0.1, -0.05) is 6.07 Å². The molecule has 0 spiro atoms. The van der Waals surface area contributed by atoms with Crippen LogP contribution in [0.5, 0.6) is 5.75 Å². The Hall–Kier alpha value is -1.06. The van der Waals surface area contributed by atoms with Crippen molar-refractivity contribution >= 4 is 0 Å². The number of hydrogen-bond acceptors (Lipinski definition) is 3. The SMILES string of the molecule is COc1ccc(C2(O)CC(C)(C)OC2(C)C)c(C)c1. The van der Waals surface area contributed by atoms with Gasteiger partial charge in [-0.25, -0.2) is 0 Å². The molecule has 1 heterocycles. The highest BCUT2D eigenvalue weighted by Gasteiger charge is 2.57. The molecule has 1 aliphatic rings. The highest BCUT2D eigenvalue weighted by atomic mass is 16.5. The highest BCUT2D eigenvalue weighted by molar-refractivity contribution is 5.40. The maximum Gasteiger partial charge on any atom is 0.121 e. The van der Waals surface area contributed by atoms with Gasteiger partial charge in [0.15, 0.2) is 0 Å². The summed E-state index contributed by atoms with van der Waals surface area (Å²) in [5, 5.41) is 11.2. The van der Waals surface area contributed by atoms with E-state index in [-0.39, 0.29) is 5.60 Å². The van der Waals surface area contributed by atoms with Gasteiger partial charge in [0, 0.05) is 6.42 Å². The lowest BCUT2D eigenvalue weighted by Crippen LogP contribution is -2.44. The van der Waals surface area contributed by atoms with Crippen molar-refractivity contribution in [1.29, 1.82) is 0 Å². The first-order chi connectivity index (χ1) is 8.61. The maximum absolute atomic E-state index is 11.2. The molecule has 0 radical (unpaired) electrons. The van der Waals surface area contributed by atoms with E-state index in [2.05, 4.69) is 0 Å². The van der Waals surface area contributed by atoms with Crippen LogP contribution >= 0.6 is 0 Å². The van der Waals surface area contributed by atoms with Crippen LogP contribution < -0.4 is 4.74 Å². The standard InChI is InChI=1S/C16H24O3/c1-11-9-12(18-6)7-8-13(11)16(17)10-14(2,3)19-15(16,4)5/h7-9,17H,10H2,1-6H3. The van der Waals surface area contributed by atoms with Crippen molar-refractivity contribution < 1.29 is 14.6 Å². The summed E-state index contributed by atoms with van der Waals surface area (Å²) in [7, 11) is 1.65. The van der Waals surface area contributed by atoms with Gasteiger partial charge in [0.2, 0.25) is 0 Å². The van der Waals surface area contributed by atoms with Crippen LogP contribution in [-0.2, 0) is 10.3 Å². The lowest BCUT2D eigenvalue weighted by Gasteiger charge is -2.36. The number of benzene rings is 1. The molecule has 1 aromatic carbocycles. The van der Waals surface area contributed by atoms with E-state index in [0.29, 0.717) is 6.42 Å². The van der Waals surface area contributed by atoms with Gasteiger partial charge in [-0.2, -0.15) is 0 Å². The maximum atomic E-state index is 11.2. The van der Waals surface area contributed by atoms with E-state index in [1.54, 1.807) is 7.11 Å². The second kappa shape index (κ2) is 4.22. The second-order valence-electron chi connectivity index (χ2n) is 6.59. The van der Waals surface area contributed by atoms with Crippen LogP contribution in [0, 0.1) is 6.92 Å². The number of ether oxygens (including phenoxy) is 2. The van der Waals surface area contributed by atoms with Crippen molar-refractivity contribution in [2.45, 2.75) is 57.8 Å². The normalized spacial score (nSPS) is 28.4. The largest absolute Gasteiger partial charge is 0.497 e. The topological polar surface area (TPSA) is 38.7 Å². The van der Waals surface area contributed by atoms with Crippen molar-refractivity contribution in [2.75, 3.05) is 7.11 Å². The third-order valence-electron chi connectivity index (χ3n) is 4.09. The summed E-state index contributed by atoms with van der Waals surface area (Å²) in [4.78, 5) is 0. The van der Waals surface area contributed by atoms with Crippen molar-refractivity contribution in [3.63, 3.8) is 0 Å². The van der Waals surface area contributed by atoms with Gasteiger partial charge in [-0.05, 0) is 57.9 Å². The molecule has 0 bridgehead atoms. The minimum Gasteiger partial charge on any atom is -0.497 e. The van der Waals surface area contributed by atoms with E-state index < -0.39 is 11.2 Å². The van der Waals surface area contributed by atoms with Gasteiger partial charge < -0.3 is 14.6 Å². The Balaban J connectivity index is 2.51. The van der Waals surface area contributed by atoms with Crippen molar-refractivity contribution in [2.24, 2.45) is 0 Å². The summed E-state index contributed by atoms with van der Waals surface area (Å²) in [6.45, 7) is 9.94. The first-order valence-electron chi connectivity index (χ1n) is 6.69. The summed E-state index contributed by atoms with van der Waals surface area (Å²) in [6.07, 6.45) is 0.584. The molecule has 1 aliphatic heterocycles. The summed E-state index contributed by atoms with van der Waals surface area (Å²) in [5.74, 6) is 0.806. The van der Waals surface area contributed by atoms with Crippen molar-refractivity contribution in [1.82, 2.24) is 0 Å². The second-order valence-corrected chi connectivity index (χ2v) is 6.59. The molecule has 2 rings (SSSR count). The predicted molar refractivity (Wildman–Crippen MR) is 75.5 cm³/mol. The Labute approximate surface area is 115 Å². The zero-order valence-corrected chi connectivity index (χ0v) is 12.7. The van der Waals surface area contributed by atoms with Crippen LogP contribution in [-0.4, -0.2) is 23.4 Å². The van der Waals surface area contributed by atoms with E-state index in [1.807, 2.05) is 52.8 Å². The number of aryl methyl sites for hydroxylation is 1. The fourth-order valence-corrected chi connectivity index (χ4v) is 3.29. The van der Waals surface area contributed by atoms with Crippen molar-refractivity contribution in [3.8, 4) is 5.75 Å². The Bertz CT molecular complexity index is 491. The fourth-order valence-electron chi connectivity index (χ4n) is 3.29. The Kier molecular flexibility index (Phi) is 3.19. The predicted octanol–water partition coefficient (Wildman–Crippen LogP) is 3.17. The Morgan fingerprint density at radius 1 is 1.21 bits per heavy atom. The molecule has 3 nitrogen and oxygen atoms in total. The number of rotatable bonds is 2. The molecule has 0 aromatic heterocycles. The van der Waals surface area contributed by atoms with Crippen LogP contribution in [0.4, 0.5) is 0 Å². The first-order valence-corrected chi connectivity index (χ1v) is 6.69. The van der Waals surface area contributed by atoms with Crippen LogP contribution in [0.2, 0.25) is 0 Å². The van der Waals surface area contributed by atoms with Crippen LogP contribution in [0.25, 0.3) is 0 Å². The molecule has 0 saturated carbocycles. The lowest BCUT2D eigenvalue weighted by atomic mass is 9.75. The van der Waals surface area contributed by atoms with Crippen molar-refractivity contribution in [3.05, 3.63) is 29.3 Å². The minimum atomic E-state index is -0.979. The van der Waals surface area contributed by atoms with E-state index in [4.69, 9.17) is 9.47 Å². The molecular weight excluding hydrogens is 240 g/mol. The van der Waals surface area contributed by atoms with Gasteiger partial charge in [-0.15, -0.1) is 0 Å². The first kappa shape index (κ1) is 14.4. The monoisotopic (exact) mass is 264 g/mol. The van der Waals surface area contributed by atoms with Gasteiger partial charge in [0.05, 0.1) is 18.3 Å². The van der Waals surface area contributed by atoms with Gasteiger partial charge in [0.25, 0.3) is 0 Å². The van der Waals surface area contributed by atoms with E-state index >= 15 is 0 Å². The average molecular weight is 264 g/mol. The number of hydrogen-bond donors (Lipinski definition) is 1. The molecule has 0 amide bonds. The van der Waals surface area contributed by atoms with E-state index in [1.165, 1.54) is 0 Å². The van der Waals surface area contributed by atoms with Crippen LogP contribution in [0.3, 0.4) is 0 Å². The molecule has 1 unspecified atom stereocenters. The molecule has 1 saturated heterocycles. The summed E-state index contributed by atoms with van der Waals surface area (Å²) in [6, 6.07) is 5.79. The summed E-state index contributed by atoms with van der Waals surface area (Å²) in [5.41, 5.74) is 0.0212. The van der Waals surface area contributed by atoms with Crippen LogP contribution in [0.1, 0.15) is 45.2 Å². The van der Waals surface area contributed by atoms with Crippen LogP contribution in [0.15, 0.2) is 18.2 Å². The van der Waals surface area contributed by atoms with E-state index in [9.17, 15) is 5.11 Å². The molecule has 19 heavy (non-hydrogen) atoms. The fraction of sp³-hybridized carbons (Fsp3) is 0.625. The smallest absolute Gasteiger partial charge is 0.121 e.